The van der Waals surface area contributed by atoms with Gasteiger partial charge in [-0.15, -0.1) is 0 Å². The van der Waals surface area contributed by atoms with E-state index in [0.29, 0.717) is 18.3 Å². The number of ether oxygens (including phenoxy) is 1. The second kappa shape index (κ2) is 7.13. The summed E-state index contributed by atoms with van der Waals surface area (Å²) in [5.74, 6) is 0. The lowest BCUT2D eigenvalue weighted by atomic mass is 10.1. The first-order valence-corrected chi connectivity index (χ1v) is 5.97. The predicted molar refractivity (Wildman–Crippen MR) is 66.0 cm³/mol. The van der Waals surface area contributed by atoms with E-state index in [1.54, 1.807) is 14.1 Å². The summed E-state index contributed by atoms with van der Waals surface area (Å²) in [6.45, 7) is 0.0783. The maximum Gasteiger partial charge on any atom is 0.320 e. The van der Waals surface area contributed by atoms with E-state index in [4.69, 9.17) is 9.84 Å². The lowest BCUT2D eigenvalue weighted by Gasteiger charge is -2.14. The van der Waals surface area contributed by atoms with Crippen LogP contribution in [0.25, 0.3) is 0 Å². The number of aldehydes is 1. The summed E-state index contributed by atoms with van der Waals surface area (Å²) in [4.78, 5) is 23.7. The molecule has 6 nitrogen and oxygen atoms in total. The van der Waals surface area contributed by atoms with Gasteiger partial charge in [0.05, 0.1) is 12.2 Å². The van der Waals surface area contributed by atoms with Gasteiger partial charge >= 0.3 is 6.03 Å². The molecule has 0 aromatic heterocycles. The highest BCUT2D eigenvalue weighted by Crippen LogP contribution is 2.25. The van der Waals surface area contributed by atoms with Gasteiger partial charge in [-0.25, -0.2) is 4.79 Å². The Morgan fingerprint density at radius 3 is 2.78 bits per heavy atom. The van der Waals surface area contributed by atoms with Crippen LogP contribution in [0.4, 0.5) is 4.79 Å². The molecule has 2 unspecified atom stereocenters. The van der Waals surface area contributed by atoms with Crippen molar-refractivity contribution in [3.05, 3.63) is 11.8 Å². The monoisotopic (exact) mass is 256 g/mol. The molecule has 2 amide bonds. The van der Waals surface area contributed by atoms with Crippen molar-refractivity contribution in [2.45, 2.75) is 31.5 Å². The zero-order chi connectivity index (χ0) is 13.5. The Labute approximate surface area is 107 Å². The zero-order valence-corrected chi connectivity index (χ0v) is 10.8. The number of aliphatic hydroxyl groups excluding tert-OH is 1. The van der Waals surface area contributed by atoms with Gasteiger partial charge in [-0.05, 0) is 19.3 Å². The number of hydrogen-bond acceptors (Lipinski definition) is 4. The van der Waals surface area contributed by atoms with Gasteiger partial charge in [0.15, 0.2) is 0 Å². The zero-order valence-electron chi connectivity index (χ0n) is 10.8. The number of carbonyl (C=O) groups is 2. The topological polar surface area (TPSA) is 78.9 Å². The molecule has 0 bridgehead atoms. The molecule has 2 atom stereocenters. The van der Waals surface area contributed by atoms with Gasteiger partial charge in [-0.1, -0.05) is 0 Å². The number of rotatable bonds is 5. The van der Waals surface area contributed by atoms with Crippen molar-refractivity contribution in [2.24, 2.45) is 0 Å². The lowest BCUT2D eigenvalue weighted by molar-refractivity contribution is -0.106. The summed E-state index contributed by atoms with van der Waals surface area (Å²) < 4.78 is 5.62. The van der Waals surface area contributed by atoms with Crippen molar-refractivity contribution in [3.63, 3.8) is 0 Å². The van der Waals surface area contributed by atoms with Crippen LogP contribution >= 0.6 is 0 Å². The van der Waals surface area contributed by atoms with Gasteiger partial charge in [0.25, 0.3) is 0 Å². The highest BCUT2D eigenvalue weighted by atomic mass is 16.5. The Kier molecular flexibility index (Phi) is 5.80. The molecular formula is C12H20N2O4. The molecule has 0 aliphatic carbocycles. The fourth-order valence-electron chi connectivity index (χ4n) is 1.78. The summed E-state index contributed by atoms with van der Waals surface area (Å²) in [6, 6.07) is -0.292. The molecule has 0 aromatic rings. The molecule has 1 heterocycles. The van der Waals surface area contributed by atoms with E-state index in [-0.39, 0.29) is 24.8 Å². The van der Waals surface area contributed by atoms with Gasteiger partial charge in [-0.3, -0.25) is 4.79 Å². The molecule has 2 N–H and O–H groups in total. The number of carbonyl (C=O) groups excluding carboxylic acids is 2. The molecule has 18 heavy (non-hydrogen) atoms. The summed E-state index contributed by atoms with van der Waals surface area (Å²) in [5.41, 5.74) is 0.422. The number of hydrogen-bond donors (Lipinski definition) is 2. The fraction of sp³-hybridized carbons (Fsp3) is 0.667. The molecular weight excluding hydrogens is 236 g/mol. The van der Waals surface area contributed by atoms with Crippen molar-refractivity contribution < 1.29 is 19.4 Å². The van der Waals surface area contributed by atoms with E-state index >= 15 is 0 Å². The molecule has 1 saturated heterocycles. The van der Waals surface area contributed by atoms with Crippen LogP contribution in [0.3, 0.4) is 0 Å². The highest BCUT2D eigenvalue weighted by molar-refractivity contribution is 5.79. The summed E-state index contributed by atoms with van der Waals surface area (Å²) in [5, 5.41) is 11.3. The summed E-state index contributed by atoms with van der Waals surface area (Å²) in [7, 11) is 3.24. The lowest BCUT2D eigenvalue weighted by Crippen LogP contribution is -2.32. The average molecular weight is 256 g/mol. The first-order valence-electron chi connectivity index (χ1n) is 5.97. The van der Waals surface area contributed by atoms with Crippen molar-refractivity contribution in [3.8, 4) is 0 Å². The van der Waals surface area contributed by atoms with Crippen LogP contribution in [0.15, 0.2) is 11.8 Å². The Bertz CT molecular complexity index is 328. The van der Waals surface area contributed by atoms with Gasteiger partial charge in [0, 0.05) is 32.5 Å². The van der Waals surface area contributed by atoms with Crippen LogP contribution in [0, 0.1) is 0 Å². The fourth-order valence-corrected chi connectivity index (χ4v) is 1.78. The van der Waals surface area contributed by atoms with Gasteiger partial charge in [0.2, 0.25) is 0 Å². The minimum absolute atomic E-state index is 0.00657. The van der Waals surface area contributed by atoms with E-state index in [1.165, 1.54) is 11.1 Å². The molecule has 102 valence electrons. The third kappa shape index (κ3) is 4.12. The molecule has 0 saturated carbocycles. The SMILES string of the molecule is CN(C)C(=O)N/C=C(\C=O)C1CCC(CCO)O1. The van der Waals surface area contributed by atoms with Crippen molar-refractivity contribution in [1.29, 1.82) is 0 Å². The van der Waals surface area contributed by atoms with Gasteiger partial charge in [0.1, 0.15) is 6.29 Å². The maximum atomic E-state index is 11.3. The van der Waals surface area contributed by atoms with Crippen LogP contribution in [-0.4, -0.2) is 55.2 Å². The number of nitrogens with zero attached hydrogens (tertiary/aromatic N) is 1. The Morgan fingerprint density at radius 2 is 2.22 bits per heavy atom. The normalized spacial score (nSPS) is 23.8. The van der Waals surface area contributed by atoms with Crippen LogP contribution < -0.4 is 5.32 Å². The molecule has 6 heteroatoms. The first-order chi connectivity index (χ1) is 8.58. The number of urea groups is 1. The number of nitrogens with one attached hydrogen (secondary N) is 1. The number of aliphatic hydroxyl groups is 1. The van der Waals surface area contributed by atoms with E-state index < -0.39 is 0 Å². The van der Waals surface area contributed by atoms with Gasteiger partial charge in [-0.2, -0.15) is 0 Å². The highest BCUT2D eigenvalue weighted by Gasteiger charge is 2.27. The minimum atomic E-state index is -0.292. The molecule has 1 aliphatic rings. The average Bonchev–Trinajstić information content (AvgIpc) is 2.78. The molecule has 0 radical (unpaired) electrons. The summed E-state index contributed by atoms with van der Waals surface area (Å²) >= 11 is 0. The predicted octanol–water partition coefficient (Wildman–Crippen LogP) is 0.270. The largest absolute Gasteiger partial charge is 0.396 e. The van der Waals surface area contributed by atoms with E-state index in [9.17, 15) is 9.59 Å². The number of amides is 2. The second-order valence-corrected chi connectivity index (χ2v) is 4.44. The maximum absolute atomic E-state index is 11.3. The first kappa shape index (κ1) is 14.7. The Morgan fingerprint density at radius 1 is 1.50 bits per heavy atom. The van der Waals surface area contributed by atoms with Crippen LogP contribution in [0.5, 0.6) is 0 Å². The van der Waals surface area contributed by atoms with Crippen LogP contribution in [0.1, 0.15) is 19.3 Å². The van der Waals surface area contributed by atoms with Crippen LogP contribution in [0.2, 0.25) is 0 Å². The molecule has 0 aromatic carbocycles. The van der Waals surface area contributed by atoms with E-state index in [1.807, 2.05) is 0 Å². The third-order valence-corrected chi connectivity index (χ3v) is 2.83. The quantitative estimate of drug-likeness (QED) is 0.546. The Hall–Kier alpha value is -1.40. The van der Waals surface area contributed by atoms with E-state index in [2.05, 4.69) is 5.32 Å². The standard InChI is InChI=1S/C12H20N2O4/c1-14(2)12(17)13-7-9(8-16)11-4-3-10(18-11)5-6-15/h7-8,10-11,15H,3-6H2,1-2H3,(H,13,17)/b9-7+. The Balaban J connectivity index is 2.54. The van der Waals surface area contributed by atoms with Crippen molar-refractivity contribution in [1.82, 2.24) is 10.2 Å². The van der Waals surface area contributed by atoms with E-state index in [0.717, 1.165) is 12.8 Å². The molecule has 1 aliphatic heterocycles. The third-order valence-electron chi connectivity index (χ3n) is 2.83. The second-order valence-electron chi connectivity index (χ2n) is 4.44. The molecule has 1 rings (SSSR count). The smallest absolute Gasteiger partial charge is 0.320 e. The van der Waals surface area contributed by atoms with Crippen molar-refractivity contribution in [2.75, 3.05) is 20.7 Å². The minimum Gasteiger partial charge on any atom is -0.396 e. The van der Waals surface area contributed by atoms with Crippen molar-refractivity contribution >= 4 is 12.3 Å². The van der Waals surface area contributed by atoms with Crippen LogP contribution in [-0.2, 0) is 9.53 Å². The summed E-state index contributed by atoms with van der Waals surface area (Å²) in [6.07, 6.45) is 3.91. The molecule has 0 spiro atoms. The molecule has 1 fully saturated rings. The van der Waals surface area contributed by atoms with Gasteiger partial charge < -0.3 is 20.1 Å².